The Bertz CT molecular complexity index is 342. The molecule has 1 atom stereocenters. The van der Waals surface area contributed by atoms with Crippen molar-refractivity contribution in [3.8, 4) is 0 Å². The molecule has 0 bridgehead atoms. The van der Waals surface area contributed by atoms with Crippen LogP contribution in [0.2, 0.25) is 0 Å². The van der Waals surface area contributed by atoms with Gasteiger partial charge in [-0.1, -0.05) is 91.4 Å². The molecule has 0 rings (SSSR count). The van der Waals surface area contributed by atoms with E-state index in [-0.39, 0.29) is 11.8 Å². The topological polar surface area (TPSA) is 66.4 Å². The monoisotopic (exact) mass is 355 g/mol. The Morgan fingerprint density at radius 3 is 1.64 bits per heavy atom. The van der Waals surface area contributed by atoms with Crippen LogP contribution in [0, 0.1) is 5.92 Å². The van der Waals surface area contributed by atoms with E-state index >= 15 is 0 Å². The zero-order chi connectivity index (χ0) is 18.9. The number of carboxylic acids is 1. The summed E-state index contributed by atoms with van der Waals surface area (Å²) in [4.78, 5) is 23.0. The fraction of sp³-hybridized carbons (Fsp3) is 0.905. The molecule has 0 saturated heterocycles. The molecule has 0 aliphatic heterocycles. The predicted octanol–water partition coefficient (Wildman–Crippen LogP) is 5.69. The SMILES string of the molecule is CCCCCCCCCCCCCCC(=O)N[C@@H](CC(C)C)C(=O)O. The van der Waals surface area contributed by atoms with Gasteiger partial charge in [-0.15, -0.1) is 0 Å². The molecule has 0 aromatic rings. The van der Waals surface area contributed by atoms with Crippen LogP contribution in [0.25, 0.3) is 0 Å². The third-order valence-electron chi connectivity index (χ3n) is 4.60. The van der Waals surface area contributed by atoms with Crippen molar-refractivity contribution in [3.05, 3.63) is 0 Å². The number of aliphatic carboxylic acids is 1. The molecule has 0 fully saturated rings. The summed E-state index contributed by atoms with van der Waals surface area (Å²) in [6.07, 6.45) is 16.1. The van der Waals surface area contributed by atoms with Crippen molar-refractivity contribution < 1.29 is 14.7 Å². The van der Waals surface area contributed by atoms with E-state index in [1.807, 2.05) is 13.8 Å². The lowest BCUT2D eigenvalue weighted by atomic mass is 10.0. The molecule has 0 saturated carbocycles. The van der Waals surface area contributed by atoms with E-state index < -0.39 is 12.0 Å². The molecule has 0 radical (unpaired) electrons. The summed E-state index contributed by atoms with van der Waals surface area (Å²) in [6.45, 7) is 6.18. The minimum atomic E-state index is -0.934. The summed E-state index contributed by atoms with van der Waals surface area (Å²) >= 11 is 0. The maximum absolute atomic E-state index is 11.8. The Labute approximate surface area is 155 Å². The lowest BCUT2D eigenvalue weighted by molar-refractivity contribution is -0.142. The van der Waals surface area contributed by atoms with Gasteiger partial charge in [0.2, 0.25) is 5.91 Å². The number of unbranched alkanes of at least 4 members (excludes halogenated alkanes) is 11. The number of carboxylic acid groups (broad SMARTS) is 1. The standard InChI is InChI=1S/C21H41NO3/c1-4-5-6-7-8-9-10-11-12-13-14-15-16-20(23)22-19(21(24)25)17-18(2)3/h18-19H,4-17H2,1-3H3,(H,22,23)(H,24,25)/t19-/m0/s1. The average molecular weight is 356 g/mol. The maximum Gasteiger partial charge on any atom is 0.326 e. The van der Waals surface area contributed by atoms with E-state index in [1.165, 1.54) is 64.2 Å². The highest BCUT2D eigenvalue weighted by Gasteiger charge is 2.20. The van der Waals surface area contributed by atoms with E-state index in [9.17, 15) is 9.59 Å². The minimum Gasteiger partial charge on any atom is -0.480 e. The fourth-order valence-electron chi connectivity index (χ4n) is 3.09. The summed E-state index contributed by atoms with van der Waals surface area (Å²) in [6, 6.07) is -0.746. The predicted molar refractivity (Wildman–Crippen MR) is 105 cm³/mol. The highest BCUT2D eigenvalue weighted by Crippen LogP contribution is 2.12. The van der Waals surface area contributed by atoms with Crippen molar-refractivity contribution in [2.24, 2.45) is 5.92 Å². The molecular weight excluding hydrogens is 314 g/mol. The number of hydrogen-bond donors (Lipinski definition) is 2. The number of amides is 1. The zero-order valence-corrected chi connectivity index (χ0v) is 16.8. The van der Waals surface area contributed by atoms with Crippen molar-refractivity contribution in [3.63, 3.8) is 0 Å². The van der Waals surface area contributed by atoms with Crippen molar-refractivity contribution in [1.29, 1.82) is 0 Å². The van der Waals surface area contributed by atoms with Gasteiger partial charge in [-0.05, 0) is 18.8 Å². The van der Waals surface area contributed by atoms with Crippen LogP contribution >= 0.6 is 0 Å². The number of carbonyl (C=O) groups is 2. The quantitative estimate of drug-likeness (QED) is 0.329. The Morgan fingerprint density at radius 1 is 0.800 bits per heavy atom. The molecule has 1 amide bonds. The van der Waals surface area contributed by atoms with Crippen LogP contribution < -0.4 is 5.32 Å². The van der Waals surface area contributed by atoms with Crippen molar-refractivity contribution in [2.45, 2.75) is 117 Å². The Hall–Kier alpha value is -1.06. The molecule has 25 heavy (non-hydrogen) atoms. The van der Waals surface area contributed by atoms with E-state index in [4.69, 9.17) is 5.11 Å². The van der Waals surface area contributed by atoms with E-state index in [0.717, 1.165) is 12.8 Å². The normalized spacial score (nSPS) is 12.3. The molecule has 0 unspecified atom stereocenters. The molecule has 0 aromatic heterocycles. The first-order chi connectivity index (χ1) is 12.0. The highest BCUT2D eigenvalue weighted by atomic mass is 16.4. The zero-order valence-electron chi connectivity index (χ0n) is 16.8. The second-order valence-electron chi connectivity index (χ2n) is 7.73. The van der Waals surface area contributed by atoms with Gasteiger partial charge in [0.05, 0.1) is 0 Å². The second kappa shape index (κ2) is 16.4. The molecule has 0 spiro atoms. The first-order valence-electron chi connectivity index (χ1n) is 10.5. The van der Waals surface area contributed by atoms with Crippen molar-refractivity contribution in [1.82, 2.24) is 5.32 Å². The lowest BCUT2D eigenvalue weighted by Gasteiger charge is -2.16. The smallest absolute Gasteiger partial charge is 0.326 e. The first-order valence-corrected chi connectivity index (χ1v) is 10.5. The summed E-state index contributed by atoms with van der Waals surface area (Å²) in [5.74, 6) is -0.801. The molecule has 148 valence electrons. The third kappa shape index (κ3) is 16.2. The van der Waals surface area contributed by atoms with Crippen LogP contribution in [0.5, 0.6) is 0 Å². The Balaban J connectivity index is 3.49. The van der Waals surface area contributed by atoms with Gasteiger partial charge >= 0.3 is 5.97 Å². The van der Waals surface area contributed by atoms with Gasteiger partial charge < -0.3 is 10.4 Å². The maximum atomic E-state index is 11.8. The largest absolute Gasteiger partial charge is 0.480 e. The first kappa shape index (κ1) is 23.9. The molecule has 4 heteroatoms. The number of rotatable bonds is 17. The minimum absolute atomic E-state index is 0.125. The molecule has 2 N–H and O–H groups in total. The summed E-state index contributed by atoms with van der Waals surface area (Å²) in [5.41, 5.74) is 0. The summed E-state index contributed by atoms with van der Waals surface area (Å²) in [7, 11) is 0. The van der Waals surface area contributed by atoms with Gasteiger partial charge in [0.25, 0.3) is 0 Å². The molecule has 0 aromatic carbocycles. The van der Waals surface area contributed by atoms with Gasteiger partial charge in [0.15, 0.2) is 0 Å². The van der Waals surface area contributed by atoms with Crippen LogP contribution in [0.15, 0.2) is 0 Å². The summed E-state index contributed by atoms with van der Waals surface area (Å²) in [5, 5.41) is 11.8. The van der Waals surface area contributed by atoms with Gasteiger partial charge in [-0.25, -0.2) is 4.79 Å². The van der Waals surface area contributed by atoms with Crippen LogP contribution in [-0.4, -0.2) is 23.0 Å². The number of nitrogens with one attached hydrogen (secondary N) is 1. The van der Waals surface area contributed by atoms with Gasteiger partial charge in [-0.3, -0.25) is 4.79 Å². The number of carbonyl (C=O) groups excluding carboxylic acids is 1. The molecule has 4 nitrogen and oxygen atoms in total. The Kier molecular flexibility index (Phi) is 15.7. The fourth-order valence-corrected chi connectivity index (χ4v) is 3.09. The average Bonchev–Trinajstić information content (AvgIpc) is 2.54. The molecular formula is C21H41NO3. The lowest BCUT2D eigenvalue weighted by Crippen LogP contribution is -2.41. The van der Waals surface area contributed by atoms with Crippen LogP contribution in [0.3, 0.4) is 0 Å². The van der Waals surface area contributed by atoms with Crippen LogP contribution in [0.1, 0.15) is 111 Å². The third-order valence-corrected chi connectivity index (χ3v) is 4.60. The second-order valence-corrected chi connectivity index (χ2v) is 7.73. The number of hydrogen-bond acceptors (Lipinski definition) is 2. The van der Waals surface area contributed by atoms with E-state index in [2.05, 4.69) is 12.2 Å². The molecule has 0 aliphatic rings. The van der Waals surface area contributed by atoms with E-state index in [0.29, 0.717) is 12.8 Å². The van der Waals surface area contributed by atoms with Crippen LogP contribution in [0.4, 0.5) is 0 Å². The van der Waals surface area contributed by atoms with Crippen molar-refractivity contribution >= 4 is 11.9 Å². The van der Waals surface area contributed by atoms with Gasteiger partial charge in [0.1, 0.15) is 6.04 Å². The van der Waals surface area contributed by atoms with Crippen molar-refractivity contribution in [2.75, 3.05) is 0 Å². The molecule has 0 heterocycles. The highest BCUT2D eigenvalue weighted by molar-refractivity contribution is 5.83. The van der Waals surface area contributed by atoms with Gasteiger partial charge in [-0.2, -0.15) is 0 Å². The van der Waals surface area contributed by atoms with Crippen LogP contribution in [-0.2, 0) is 9.59 Å². The van der Waals surface area contributed by atoms with Gasteiger partial charge in [0, 0.05) is 6.42 Å². The van der Waals surface area contributed by atoms with E-state index in [1.54, 1.807) is 0 Å². The molecule has 0 aliphatic carbocycles. The summed E-state index contributed by atoms with van der Waals surface area (Å²) < 4.78 is 0. The Morgan fingerprint density at radius 2 is 1.24 bits per heavy atom.